The standard InChI is InChI=1S/C14H17F3N2O4/c1-13(2,3)23-12(21)19-6-8-9(4-5-11(20)18-8)22-10(7-19)14(15,16)17/h4-5,10H,6-7H2,1-3H3,(H,18,20)/t10-/m1/s1. The average Bonchev–Trinajstić information content (AvgIpc) is 2.55. The monoisotopic (exact) mass is 334 g/mol. The molecule has 0 radical (unpaired) electrons. The van der Waals surface area contributed by atoms with Crippen LogP contribution < -0.4 is 4.74 Å². The summed E-state index contributed by atoms with van der Waals surface area (Å²) in [6.07, 6.45) is -7.78. The lowest BCUT2D eigenvalue weighted by atomic mass is 10.2. The number of alkyl halides is 3. The number of aromatic nitrogens is 1. The molecule has 9 heteroatoms. The third-order valence-corrected chi connectivity index (χ3v) is 2.93. The third-order valence-electron chi connectivity index (χ3n) is 2.93. The lowest BCUT2D eigenvalue weighted by molar-refractivity contribution is -0.197. The van der Waals surface area contributed by atoms with Gasteiger partial charge in [-0.05, 0) is 26.8 Å². The highest BCUT2D eigenvalue weighted by Crippen LogP contribution is 2.32. The number of ether oxygens (including phenoxy) is 2. The van der Waals surface area contributed by atoms with Gasteiger partial charge >= 0.3 is 12.3 Å². The summed E-state index contributed by atoms with van der Waals surface area (Å²) in [4.78, 5) is 16.7. The van der Waals surface area contributed by atoms with E-state index in [1.165, 1.54) is 6.07 Å². The predicted octanol–water partition coefficient (Wildman–Crippen LogP) is 2.85. The van der Waals surface area contributed by atoms with Crippen LogP contribution in [0.3, 0.4) is 0 Å². The number of nitrogens with zero attached hydrogens (tertiary/aromatic N) is 2. The van der Waals surface area contributed by atoms with Crippen LogP contribution >= 0.6 is 0 Å². The molecule has 1 aromatic rings. The zero-order valence-corrected chi connectivity index (χ0v) is 12.8. The number of hydrogen-bond acceptors (Lipinski definition) is 5. The fourth-order valence-corrected chi connectivity index (χ4v) is 1.97. The quantitative estimate of drug-likeness (QED) is 0.790. The van der Waals surface area contributed by atoms with Crippen LogP contribution in [0.4, 0.5) is 18.0 Å². The van der Waals surface area contributed by atoms with Crippen LogP contribution in [0.5, 0.6) is 11.6 Å². The van der Waals surface area contributed by atoms with E-state index in [1.807, 2.05) is 0 Å². The van der Waals surface area contributed by atoms with Gasteiger partial charge < -0.3 is 14.6 Å². The summed E-state index contributed by atoms with van der Waals surface area (Å²) in [6.45, 7) is 3.84. The molecule has 1 aliphatic rings. The lowest BCUT2D eigenvalue weighted by Gasteiger charge is -2.28. The van der Waals surface area contributed by atoms with Crippen molar-refractivity contribution in [3.05, 3.63) is 17.8 Å². The average molecular weight is 334 g/mol. The number of amides is 1. The van der Waals surface area contributed by atoms with E-state index in [1.54, 1.807) is 20.8 Å². The smallest absolute Gasteiger partial charge is 0.427 e. The maximum absolute atomic E-state index is 13.1. The first-order valence-electron chi connectivity index (χ1n) is 6.86. The van der Waals surface area contributed by atoms with E-state index in [0.717, 1.165) is 11.0 Å². The molecule has 1 aliphatic heterocycles. The Hall–Kier alpha value is -2.19. The Labute approximate surface area is 130 Å². The van der Waals surface area contributed by atoms with E-state index in [0.29, 0.717) is 0 Å². The van der Waals surface area contributed by atoms with Gasteiger partial charge in [0.15, 0.2) is 0 Å². The number of hydrogen-bond donors (Lipinski definition) is 1. The molecule has 0 saturated heterocycles. The Morgan fingerprint density at radius 3 is 2.61 bits per heavy atom. The molecule has 1 atom stereocenters. The van der Waals surface area contributed by atoms with Gasteiger partial charge in [-0.1, -0.05) is 0 Å². The van der Waals surface area contributed by atoms with Gasteiger partial charge in [0, 0.05) is 6.07 Å². The highest BCUT2D eigenvalue weighted by molar-refractivity contribution is 5.68. The van der Waals surface area contributed by atoms with Crippen molar-refractivity contribution in [1.29, 1.82) is 0 Å². The summed E-state index contributed by atoms with van der Waals surface area (Å²) in [5.41, 5.74) is -0.824. The molecule has 1 aromatic heterocycles. The minimum Gasteiger partial charge on any atom is -0.493 e. The SMILES string of the molecule is CC(C)(C)OC(=O)N1Cc2nc(O)ccc2O[C@@H](C(F)(F)F)C1. The fourth-order valence-electron chi connectivity index (χ4n) is 1.97. The normalized spacial score (nSPS) is 18.7. The van der Waals surface area contributed by atoms with E-state index in [2.05, 4.69) is 4.98 Å². The summed E-state index contributed by atoms with van der Waals surface area (Å²) in [5.74, 6) is -0.502. The maximum atomic E-state index is 13.1. The number of fused-ring (bicyclic) bond motifs is 1. The number of carbonyl (C=O) groups is 1. The van der Waals surface area contributed by atoms with Crippen molar-refractivity contribution in [2.45, 2.75) is 45.2 Å². The van der Waals surface area contributed by atoms with Crippen molar-refractivity contribution >= 4 is 6.09 Å². The first-order chi connectivity index (χ1) is 10.5. The molecule has 128 valence electrons. The third kappa shape index (κ3) is 4.40. The van der Waals surface area contributed by atoms with Gasteiger partial charge in [0.25, 0.3) is 0 Å². The van der Waals surface area contributed by atoms with E-state index in [-0.39, 0.29) is 23.9 Å². The summed E-state index contributed by atoms with van der Waals surface area (Å²) in [7, 11) is 0. The Balaban J connectivity index is 2.34. The Bertz CT molecular complexity index is 599. The van der Waals surface area contributed by atoms with Gasteiger partial charge in [0.1, 0.15) is 17.0 Å². The van der Waals surface area contributed by atoms with Crippen LogP contribution in [-0.2, 0) is 11.3 Å². The number of aromatic hydroxyl groups is 1. The molecular weight excluding hydrogens is 317 g/mol. The Morgan fingerprint density at radius 1 is 1.39 bits per heavy atom. The van der Waals surface area contributed by atoms with Crippen LogP contribution in [0.2, 0.25) is 0 Å². The highest BCUT2D eigenvalue weighted by Gasteiger charge is 2.46. The first-order valence-corrected chi connectivity index (χ1v) is 6.86. The molecule has 2 rings (SSSR count). The van der Waals surface area contributed by atoms with Crippen molar-refractivity contribution in [2.75, 3.05) is 6.54 Å². The number of rotatable bonds is 0. The van der Waals surface area contributed by atoms with Crippen LogP contribution in [0, 0.1) is 0 Å². The maximum Gasteiger partial charge on any atom is 0.427 e. The first kappa shape index (κ1) is 17.2. The van der Waals surface area contributed by atoms with Crippen molar-refractivity contribution in [3.8, 4) is 11.6 Å². The summed E-state index contributed by atoms with van der Waals surface area (Å²) in [5, 5.41) is 9.39. The summed E-state index contributed by atoms with van der Waals surface area (Å²) in [6, 6.07) is 2.31. The highest BCUT2D eigenvalue weighted by atomic mass is 19.4. The largest absolute Gasteiger partial charge is 0.493 e. The van der Waals surface area contributed by atoms with E-state index < -0.39 is 30.5 Å². The molecule has 0 fully saturated rings. The number of pyridine rings is 1. The fraction of sp³-hybridized carbons (Fsp3) is 0.571. The molecular formula is C14H17F3N2O4. The van der Waals surface area contributed by atoms with Crippen LogP contribution in [-0.4, -0.2) is 45.5 Å². The number of carbonyl (C=O) groups excluding carboxylic acids is 1. The van der Waals surface area contributed by atoms with Crippen molar-refractivity contribution in [2.24, 2.45) is 0 Å². The van der Waals surface area contributed by atoms with Crippen LogP contribution in [0.1, 0.15) is 26.5 Å². The zero-order chi connectivity index (χ0) is 17.4. The minimum atomic E-state index is -4.67. The van der Waals surface area contributed by atoms with Crippen molar-refractivity contribution in [3.63, 3.8) is 0 Å². The predicted molar refractivity (Wildman–Crippen MR) is 73.0 cm³/mol. The topological polar surface area (TPSA) is 71.9 Å². The molecule has 0 unspecified atom stereocenters. The molecule has 0 spiro atoms. The lowest BCUT2D eigenvalue weighted by Crippen LogP contribution is -2.46. The molecule has 0 bridgehead atoms. The molecule has 1 N–H and O–H groups in total. The molecule has 6 nitrogen and oxygen atoms in total. The number of halogens is 3. The second kappa shape index (κ2) is 5.78. The van der Waals surface area contributed by atoms with Gasteiger partial charge in [0.2, 0.25) is 12.0 Å². The Morgan fingerprint density at radius 2 is 2.04 bits per heavy atom. The van der Waals surface area contributed by atoms with Gasteiger partial charge in [-0.15, -0.1) is 0 Å². The molecule has 2 heterocycles. The summed E-state index contributed by atoms with van der Waals surface area (Å²) < 4.78 is 49.3. The molecule has 0 aliphatic carbocycles. The molecule has 0 aromatic carbocycles. The Kier molecular flexibility index (Phi) is 4.32. The second-order valence-electron chi connectivity index (χ2n) is 6.12. The second-order valence-corrected chi connectivity index (χ2v) is 6.12. The van der Waals surface area contributed by atoms with E-state index >= 15 is 0 Å². The van der Waals surface area contributed by atoms with Crippen molar-refractivity contribution < 1.29 is 32.5 Å². The minimum absolute atomic E-state index is 0.0302. The van der Waals surface area contributed by atoms with Crippen molar-refractivity contribution in [1.82, 2.24) is 9.88 Å². The van der Waals surface area contributed by atoms with Gasteiger partial charge in [-0.2, -0.15) is 13.2 Å². The summed E-state index contributed by atoms with van der Waals surface area (Å²) >= 11 is 0. The van der Waals surface area contributed by atoms with Crippen LogP contribution in [0.25, 0.3) is 0 Å². The van der Waals surface area contributed by atoms with E-state index in [4.69, 9.17) is 9.47 Å². The molecule has 1 amide bonds. The van der Waals surface area contributed by atoms with E-state index in [9.17, 15) is 23.1 Å². The van der Waals surface area contributed by atoms with Gasteiger partial charge in [0.05, 0.1) is 13.1 Å². The van der Waals surface area contributed by atoms with Gasteiger partial charge in [-0.25, -0.2) is 9.78 Å². The zero-order valence-electron chi connectivity index (χ0n) is 12.8. The molecule has 0 saturated carbocycles. The van der Waals surface area contributed by atoms with Crippen LogP contribution in [0.15, 0.2) is 12.1 Å². The molecule has 23 heavy (non-hydrogen) atoms. The van der Waals surface area contributed by atoms with Gasteiger partial charge in [-0.3, -0.25) is 4.90 Å².